The van der Waals surface area contributed by atoms with Crippen molar-refractivity contribution in [2.24, 2.45) is 34.2 Å². The largest absolute Gasteiger partial charge is 0.445 e. The Labute approximate surface area is 437 Å². The van der Waals surface area contributed by atoms with Crippen LogP contribution in [-0.4, -0.2) is 94.3 Å². The molecule has 0 fully saturated rings. The lowest BCUT2D eigenvalue weighted by atomic mass is 9.88. The van der Waals surface area contributed by atoms with Gasteiger partial charge in [0.1, 0.15) is 18.2 Å². The number of rotatable bonds is 28. The SMILES string of the molecule is CCCN(CCC)C(=O)C1=Cc2ccc(C(=O)Nc3cnc4c(c3)CN(C(=O)OCc3ccc(CC(=O)C(CCCNC(N)=O)NC(=O)C(CC(=O)CCCCCCC(C)C)C(C)C)cc3)CC4)cc2N=C(N)C1. The number of carbonyl (C=O) groups is 7. The van der Waals surface area contributed by atoms with Crippen molar-refractivity contribution in [3.05, 3.63) is 93.8 Å². The average Bonchev–Trinajstić information content (AvgIpc) is 3.53. The summed E-state index contributed by atoms with van der Waals surface area (Å²) in [6, 6.07) is 12.5. The van der Waals surface area contributed by atoms with Crippen LogP contribution in [0, 0.1) is 17.8 Å². The van der Waals surface area contributed by atoms with E-state index in [9.17, 15) is 33.6 Å². The van der Waals surface area contributed by atoms with Crippen molar-refractivity contribution in [3.8, 4) is 0 Å². The number of Topliss-reactive ketones (excluding diaryl/α,β-unsaturated/α-hetero) is 2. The van der Waals surface area contributed by atoms with Crippen LogP contribution in [0.1, 0.15) is 157 Å². The van der Waals surface area contributed by atoms with Crippen LogP contribution in [-0.2, 0) is 49.9 Å². The van der Waals surface area contributed by atoms with Crippen LogP contribution in [0.2, 0.25) is 0 Å². The van der Waals surface area contributed by atoms with E-state index in [0.29, 0.717) is 84.0 Å². The van der Waals surface area contributed by atoms with Gasteiger partial charge in [0.2, 0.25) is 11.8 Å². The number of hydrogen-bond donors (Lipinski definition) is 5. The molecule has 3 aromatic rings. The maximum Gasteiger partial charge on any atom is 0.410 e. The van der Waals surface area contributed by atoms with Gasteiger partial charge in [-0.1, -0.05) is 97.6 Å². The lowest BCUT2D eigenvalue weighted by molar-refractivity contribution is -0.133. The highest BCUT2D eigenvalue weighted by atomic mass is 16.6. The van der Waals surface area contributed by atoms with Crippen molar-refractivity contribution < 1.29 is 38.3 Å². The van der Waals surface area contributed by atoms with Gasteiger partial charge in [0.15, 0.2) is 5.78 Å². The molecule has 17 heteroatoms. The predicted molar refractivity (Wildman–Crippen MR) is 288 cm³/mol. The first-order chi connectivity index (χ1) is 35.4. The fourth-order valence-electron chi connectivity index (χ4n) is 9.21. The molecule has 0 saturated heterocycles. The Morgan fingerprint density at radius 2 is 1.58 bits per heavy atom. The van der Waals surface area contributed by atoms with Crippen molar-refractivity contribution in [3.63, 3.8) is 0 Å². The van der Waals surface area contributed by atoms with Gasteiger partial charge in [0.05, 0.1) is 30.2 Å². The summed E-state index contributed by atoms with van der Waals surface area (Å²) in [5, 5.41) is 8.39. The summed E-state index contributed by atoms with van der Waals surface area (Å²) in [6.07, 6.45) is 11.7. The van der Waals surface area contributed by atoms with Gasteiger partial charge < -0.3 is 42.0 Å². The number of pyridine rings is 1. The fraction of sp³-hybridized carbons (Fsp3) is 0.526. The number of aromatic nitrogens is 1. The zero-order valence-electron chi connectivity index (χ0n) is 44.4. The summed E-state index contributed by atoms with van der Waals surface area (Å²) in [7, 11) is 0. The normalized spacial score (nSPS) is 13.9. The number of benzene rings is 2. The summed E-state index contributed by atoms with van der Waals surface area (Å²) in [5.74, 6) is -0.721. The molecule has 2 unspecified atom stereocenters. The van der Waals surface area contributed by atoms with Crippen molar-refractivity contribution in [1.29, 1.82) is 0 Å². The van der Waals surface area contributed by atoms with E-state index in [-0.39, 0.29) is 86.4 Å². The average molecular weight is 1020 g/mol. The molecule has 1 aromatic heterocycles. The highest BCUT2D eigenvalue weighted by molar-refractivity contribution is 6.08. The van der Waals surface area contributed by atoms with Gasteiger partial charge in [-0.25, -0.2) is 14.6 Å². The van der Waals surface area contributed by atoms with Crippen molar-refractivity contribution in [1.82, 2.24) is 25.4 Å². The number of nitrogens with two attached hydrogens (primary N) is 2. The molecule has 0 radical (unpaired) electrons. The molecule has 5 rings (SSSR count). The molecule has 2 aliphatic rings. The third-order valence-electron chi connectivity index (χ3n) is 13.4. The Balaban J connectivity index is 1.14. The molecule has 2 atom stereocenters. The third-order valence-corrected chi connectivity index (χ3v) is 13.4. The van der Waals surface area contributed by atoms with E-state index < -0.39 is 24.1 Å². The molecule has 0 bridgehead atoms. The maximum atomic E-state index is 13.8. The van der Waals surface area contributed by atoms with E-state index in [1.54, 1.807) is 65.7 Å². The minimum atomic E-state index is -0.847. The number of ether oxygens (including phenoxy) is 1. The van der Waals surface area contributed by atoms with Crippen LogP contribution in [0.15, 0.2) is 65.3 Å². The molecule has 2 aromatic carbocycles. The molecule has 7 N–H and O–H groups in total. The van der Waals surface area contributed by atoms with Gasteiger partial charge in [-0.3, -0.25) is 29.0 Å². The highest BCUT2D eigenvalue weighted by Gasteiger charge is 2.30. The Morgan fingerprint density at radius 1 is 0.865 bits per heavy atom. The second kappa shape index (κ2) is 29.1. The van der Waals surface area contributed by atoms with Crippen molar-refractivity contribution in [2.45, 2.75) is 151 Å². The molecule has 0 aliphatic carbocycles. The first-order valence-corrected chi connectivity index (χ1v) is 26.6. The minimum Gasteiger partial charge on any atom is -0.445 e. The van der Waals surface area contributed by atoms with Gasteiger partial charge in [0.25, 0.3) is 5.91 Å². The molecular weight excluding hydrogens is 939 g/mol. The van der Waals surface area contributed by atoms with Gasteiger partial charge in [0, 0.05) is 86.6 Å². The highest BCUT2D eigenvalue weighted by Crippen LogP contribution is 2.30. The Bertz CT molecular complexity index is 2500. The minimum absolute atomic E-state index is 0.0101. The Kier molecular flexibility index (Phi) is 22.8. The van der Waals surface area contributed by atoms with E-state index in [4.69, 9.17) is 16.2 Å². The third kappa shape index (κ3) is 18.2. The van der Waals surface area contributed by atoms with Gasteiger partial charge in [-0.15, -0.1) is 0 Å². The van der Waals surface area contributed by atoms with Crippen LogP contribution in [0.4, 0.5) is 21.0 Å². The number of ketones is 2. The molecule has 17 nitrogen and oxygen atoms in total. The summed E-state index contributed by atoms with van der Waals surface area (Å²) in [6.45, 7) is 14.4. The number of hydrogen-bond acceptors (Lipinski definition) is 11. The number of amides is 6. The van der Waals surface area contributed by atoms with E-state index in [1.807, 2.05) is 32.6 Å². The lowest BCUT2D eigenvalue weighted by Gasteiger charge is -2.28. The number of amidine groups is 1. The molecule has 0 spiro atoms. The van der Waals surface area contributed by atoms with E-state index in [0.717, 1.165) is 49.8 Å². The Hall–Kier alpha value is -6.91. The number of primary amides is 1. The predicted octanol–water partition coefficient (Wildman–Crippen LogP) is 8.73. The number of unbranched alkanes of at least 4 members (excludes halogenated alkanes) is 3. The molecule has 74 heavy (non-hydrogen) atoms. The molecule has 6 amide bonds. The zero-order valence-corrected chi connectivity index (χ0v) is 44.4. The molecular formula is C57H79N9O8. The lowest BCUT2D eigenvalue weighted by Crippen LogP contribution is -2.46. The smallest absolute Gasteiger partial charge is 0.410 e. The van der Waals surface area contributed by atoms with Gasteiger partial charge >= 0.3 is 12.1 Å². The molecule has 2 aliphatic heterocycles. The summed E-state index contributed by atoms with van der Waals surface area (Å²) in [5.41, 5.74) is 17.1. The molecule has 0 saturated carbocycles. The Morgan fingerprint density at radius 3 is 2.27 bits per heavy atom. The monoisotopic (exact) mass is 1020 g/mol. The number of urea groups is 1. The van der Waals surface area contributed by atoms with E-state index >= 15 is 0 Å². The van der Waals surface area contributed by atoms with E-state index in [1.165, 1.54) is 6.42 Å². The number of aliphatic imine (C=N–C) groups is 1. The van der Waals surface area contributed by atoms with Crippen LogP contribution in [0.25, 0.3) is 6.08 Å². The molecule has 400 valence electrons. The number of nitrogens with zero attached hydrogens (tertiary/aromatic N) is 4. The standard InChI is InChI=1S/C57H79N9O8/c1-7-25-65(26-8-2)55(71)43-29-41-21-22-42(31-50(41)63-52(58)32-43)53(69)62-45-30-44-35-66(27-23-48(44)61-34-45)57(73)74-36-40-19-17-39(18-20-40)28-51(68)49(16-13-24-60-56(59)72)64-54(70)47(38(5)6)33-46(67)15-12-10-9-11-14-37(3)4/h17-22,29-31,34,37-38,47,49H,7-16,23-28,32-33,35-36H2,1-6H3,(H2,58,63)(H,62,69)(H,64,70)(H3,59,60,72). The van der Waals surface area contributed by atoms with E-state index in [2.05, 4.69) is 39.8 Å². The molecule has 3 heterocycles. The van der Waals surface area contributed by atoms with Crippen LogP contribution >= 0.6 is 0 Å². The van der Waals surface area contributed by atoms with Gasteiger partial charge in [-0.2, -0.15) is 0 Å². The second-order valence-electron chi connectivity index (χ2n) is 20.4. The van der Waals surface area contributed by atoms with Crippen molar-refractivity contribution in [2.75, 3.05) is 31.5 Å². The zero-order chi connectivity index (χ0) is 53.7. The van der Waals surface area contributed by atoms with Crippen LogP contribution in [0.5, 0.6) is 0 Å². The first-order valence-electron chi connectivity index (χ1n) is 26.6. The number of fused-ring (bicyclic) bond motifs is 2. The number of carbonyl (C=O) groups excluding carboxylic acids is 7. The number of anilines is 1. The van der Waals surface area contributed by atoms with Crippen molar-refractivity contribution >= 4 is 64.7 Å². The summed E-state index contributed by atoms with van der Waals surface area (Å²) >= 11 is 0. The summed E-state index contributed by atoms with van der Waals surface area (Å²) in [4.78, 5) is 105. The maximum absolute atomic E-state index is 13.8. The topological polar surface area (TPSA) is 249 Å². The van der Waals surface area contributed by atoms with Gasteiger partial charge in [-0.05, 0) is 84.9 Å². The number of nitrogens with one attached hydrogen (secondary N) is 3. The summed E-state index contributed by atoms with van der Waals surface area (Å²) < 4.78 is 5.71. The van der Waals surface area contributed by atoms with Crippen LogP contribution in [0.3, 0.4) is 0 Å². The second-order valence-corrected chi connectivity index (χ2v) is 20.4. The first kappa shape index (κ1) is 58.0. The van der Waals surface area contributed by atoms with Crippen LogP contribution < -0.4 is 27.4 Å². The fourth-order valence-corrected chi connectivity index (χ4v) is 9.21. The quantitative estimate of drug-likeness (QED) is 0.0433.